The van der Waals surface area contributed by atoms with Gasteiger partial charge in [0.2, 0.25) is 11.8 Å². The lowest BCUT2D eigenvalue weighted by molar-refractivity contribution is -0.154. The summed E-state index contributed by atoms with van der Waals surface area (Å²) in [6.07, 6.45) is 10.8. The number of esters is 1. The number of rotatable bonds is 11. The van der Waals surface area contributed by atoms with Gasteiger partial charge in [0.05, 0.1) is 35.8 Å². The van der Waals surface area contributed by atoms with Gasteiger partial charge in [-0.3, -0.25) is 14.4 Å². The Morgan fingerprint density at radius 3 is 2.56 bits per heavy atom. The van der Waals surface area contributed by atoms with E-state index in [4.69, 9.17) is 4.74 Å². The maximum Gasteiger partial charge on any atom is 0.310 e. The SMILES string of the molecule is C=CCCOC(=O)[C@@H]1[C@@H]2CCC3(S2)C(C(=O)N(CC=C)C2CCCCC2)N([C@@H](CO)C(C)C)C(=O)[C@H]13. The quantitative estimate of drug-likeness (QED) is 0.256. The average Bonchev–Trinajstić information content (AvgIpc) is 3.51. The number of fused-ring (bicyclic) bond motifs is 1. The number of likely N-dealkylation sites (tertiary alicyclic amines) is 1. The maximum atomic E-state index is 14.5. The third-order valence-electron chi connectivity index (χ3n) is 8.75. The van der Waals surface area contributed by atoms with Crippen LogP contribution in [0.15, 0.2) is 25.3 Å². The van der Waals surface area contributed by atoms with Crippen LogP contribution in [0.1, 0.15) is 65.2 Å². The fourth-order valence-electron chi connectivity index (χ4n) is 7.06. The summed E-state index contributed by atoms with van der Waals surface area (Å²) < 4.78 is 4.90. The lowest BCUT2D eigenvalue weighted by atomic mass is 9.71. The number of hydrogen-bond acceptors (Lipinski definition) is 6. The summed E-state index contributed by atoms with van der Waals surface area (Å²) >= 11 is 1.65. The Balaban J connectivity index is 1.73. The molecule has 36 heavy (non-hydrogen) atoms. The van der Waals surface area contributed by atoms with Crippen molar-refractivity contribution in [2.75, 3.05) is 19.8 Å². The van der Waals surface area contributed by atoms with Crippen LogP contribution in [0.4, 0.5) is 0 Å². The largest absolute Gasteiger partial charge is 0.465 e. The minimum absolute atomic E-state index is 0.0261. The number of aliphatic hydroxyl groups is 1. The van der Waals surface area contributed by atoms with E-state index in [1.54, 1.807) is 28.8 Å². The normalized spacial score (nSPS) is 32.4. The van der Waals surface area contributed by atoms with Crippen LogP contribution in [0.3, 0.4) is 0 Å². The summed E-state index contributed by atoms with van der Waals surface area (Å²) in [5.74, 6) is -1.77. The second kappa shape index (κ2) is 11.3. The van der Waals surface area contributed by atoms with Crippen LogP contribution in [0.25, 0.3) is 0 Å². The van der Waals surface area contributed by atoms with E-state index in [1.165, 1.54) is 6.42 Å². The number of nitrogens with zero attached hydrogens (tertiary/aromatic N) is 2. The summed E-state index contributed by atoms with van der Waals surface area (Å²) in [4.78, 5) is 45.5. The lowest BCUT2D eigenvalue weighted by Crippen LogP contribution is -2.60. The molecule has 3 heterocycles. The number of thioether (sulfide) groups is 1. The molecule has 4 fully saturated rings. The average molecular weight is 519 g/mol. The molecule has 0 radical (unpaired) electrons. The summed E-state index contributed by atoms with van der Waals surface area (Å²) in [6, 6.07) is -1.05. The molecule has 0 aromatic heterocycles. The van der Waals surface area contributed by atoms with Crippen molar-refractivity contribution in [1.82, 2.24) is 9.80 Å². The Morgan fingerprint density at radius 2 is 1.94 bits per heavy atom. The lowest BCUT2D eigenvalue weighted by Gasteiger charge is -2.43. The molecule has 3 aliphatic heterocycles. The molecule has 2 amide bonds. The Hall–Kier alpha value is -1.80. The molecule has 3 saturated heterocycles. The van der Waals surface area contributed by atoms with Gasteiger partial charge in [0.15, 0.2) is 0 Å². The van der Waals surface area contributed by atoms with Crippen LogP contribution in [0.5, 0.6) is 0 Å². The smallest absolute Gasteiger partial charge is 0.310 e. The van der Waals surface area contributed by atoms with E-state index in [9.17, 15) is 19.5 Å². The molecule has 4 rings (SSSR count). The van der Waals surface area contributed by atoms with E-state index in [1.807, 2.05) is 18.7 Å². The molecule has 1 spiro atoms. The number of hydrogen-bond donors (Lipinski definition) is 1. The third-order valence-corrected chi connectivity index (χ3v) is 10.7. The number of aliphatic hydroxyl groups excluding tert-OH is 1. The summed E-state index contributed by atoms with van der Waals surface area (Å²) in [7, 11) is 0. The van der Waals surface area contributed by atoms with Crippen LogP contribution >= 0.6 is 11.8 Å². The van der Waals surface area contributed by atoms with Gasteiger partial charge >= 0.3 is 5.97 Å². The highest BCUT2D eigenvalue weighted by atomic mass is 32.2. The van der Waals surface area contributed by atoms with Gasteiger partial charge in [-0.05, 0) is 38.0 Å². The maximum absolute atomic E-state index is 14.5. The molecule has 1 saturated carbocycles. The molecule has 200 valence electrons. The van der Waals surface area contributed by atoms with Gasteiger partial charge in [0, 0.05) is 17.8 Å². The Kier molecular flexibility index (Phi) is 8.55. The van der Waals surface area contributed by atoms with Crippen molar-refractivity contribution in [2.24, 2.45) is 17.8 Å². The van der Waals surface area contributed by atoms with Crippen molar-refractivity contribution in [2.45, 2.75) is 93.3 Å². The number of carbonyl (C=O) groups is 3. The first-order chi connectivity index (χ1) is 17.3. The van der Waals surface area contributed by atoms with E-state index in [0.717, 1.165) is 32.1 Å². The van der Waals surface area contributed by atoms with Gasteiger partial charge in [0.25, 0.3) is 0 Å². The van der Waals surface area contributed by atoms with Crippen LogP contribution in [-0.2, 0) is 19.1 Å². The first-order valence-corrected chi connectivity index (χ1v) is 14.5. The van der Waals surface area contributed by atoms with Gasteiger partial charge in [-0.15, -0.1) is 24.9 Å². The molecule has 1 N–H and O–H groups in total. The van der Waals surface area contributed by atoms with Crippen molar-refractivity contribution in [3.05, 3.63) is 25.3 Å². The predicted molar refractivity (Wildman–Crippen MR) is 141 cm³/mol. The van der Waals surface area contributed by atoms with Crippen molar-refractivity contribution in [1.29, 1.82) is 0 Å². The predicted octanol–water partition coefficient (Wildman–Crippen LogP) is 3.56. The fourth-order valence-corrected chi connectivity index (χ4v) is 9.25. The zero-order chi connectivity index (χ0) is 26.0. The molecule has 4 aliphatic rings. The third kappa shape index (κ3) is 4.53. The molecule has 0 aromatic rings. The number of carbonyl (C=O) groups excluding carboxylic acids is 3. The highest BCUT2D eigenvalue weighted by molar-refractivity contribution is 8.02. The standard InChI is InChI=1S/C28H42N2O5S/c1-5-7-16-35-27(34)22-21-13-14-28(36-21)23(22)25(32)30(20(17-31)18(3)4)24(28)26(33)29(15-6-2)19-11-9-8-10-12-19/h5-6,18-24,31H,1-2,7-17H2,3-4H3/t20-,21-,22+,23-,24?,28?/m0/s1. The molecule has 8 heteroatoms. The van der Waals surface area contributed by atoms with Crippen LogP contribution < -0.4 is 0 Å². The summed E-state index contributed by atoms with van der Waals surface area (Å²) in [5.41, 5.74) is 0. The van der Waals surface area contributed by atoms with E-state index in [-0.39, 0.29) is 48.2 Å². The number of ether oxygens (including phenoxy) is 1. The molecule has 1 aliphatic carbocycles. The molecule has 7 nitrogen and oxygen atoms in total. The Labute approximate surface area is 219 Å². The minimum Gasteiger partial charge on any atom is -0.465 e. The van der Waals surface area contributed by atoms with Gasteiger partial charge in [-0.1, -0.05) is 45.3 Å². The molecular weight excluding hydrogens is 476 g/mol. The monoisotopic (exact) mass is 518 g/mol. The van der Waals surface area contributed by atoms with E-state index >= 15 is 0 Å². The van der Waals surface area contributed by atoms with E-state index < -0.39 is 28.7 Å². The van der Waals surface area contributed by atoms with Crippen LogP contribution in [0.2, 0.25) is 0 Å². The second-order valence-corrected chi connectivity index (χ2v) is 12.7. The molecule has 6 atom stereocenters. The van der Waals surface area contributed by atoms with Gasteiger partial charge < -0.3 is 19.6 Å². The van der Waals surface area contributed by atoms with Crippen LogP contribution in [0, 0.1) is 17.8 Å². The molecular formula is C28H42N2O5S. The van der Waals surface area contributed by atoms with Gasteiger partial charge in [-0.2, -0.15) is 0 Å². The van der Waals surface area contributed by atoms with Crippen molar-refractivity contribution in [3.63, 3.8) is 0 Å². The zero-order valence-corrected chi connectivity index (χ0v) is 22.6. The van der Waals surface area contributed by atoms with E-state index in [2.05, 4.69) is 13.2 Å². The fraction of sp³-hybridized carbons (Fsp3) is 0.750. The van der Waals surface area contributed by atoms with Crippen molar-refractivity contribution >= 4 is 29.5 Å². The first-order valence-electron chi connectivity index (χ1n) is 13.6. The zero-order valence-electron chi connectivity index (χ0n) is 21.8. The minimum atomic E-state index is -0.697. The topological polar surface area (TPSA) is 87.2 Å². The van der Waals surface area contributed by atoms with E-state index in [0.29, 0.717) is 19.4 Å². The molecule has 0 aromatic carbocycles. The highest BCUT2D eigenvalue weighted by Crippen LogP contribution is 2.67. The van der Waals surface area contributed by atoms with Gasteiger partial charge in [-0.25, -0.2) is 0 Å². The molecule has 2 bridgehead atoms. The Morgan fingerprint density at radius 1 is 1.22 bits per heavy atom. The number of amides is 2. The second-order valence-electron chi connectivity index (χ2n) is 11.1. The Bertz CT molecular complexity index is 872. The van der Waals surface area contributed by atoms with Crippen molar-refractivity contribution in [3.8, 4) is 0 Å². The highest BCUT2D eigenvalue weighted by Gasteiger charge is 2.75. The first kappa shape index (κ1) is 27.2. The van der Waals surface area contributed by atoms with Crippen LogP contribution in [-0.4, -0.2) is 80.6 Å². The summed E-state index contributed by atoms with van der Waals surface area (Å²) in [6.45, 7) is 12.0. The van der Waals surface area contributed by atoms with Crippen molar-refractivity contribution < 1.29 is 24.2 Å². The summed E-state index contributed by atoms with van der Waals surface area (Å²) in [5, 5.41) is 10.3. The molecule has 2 unspecified atom stereocenters. The van der Waals surface area contributed by atoms with Gasteiger partial charge in [0.1, 0.15) is 6.04 Å².